The number of hydrogen-bond acceptors (Lipinski definition) is 4. The van der Waals surface area contributed by atoms with Crippen molar-refractivity contribution in [3.05, 3.63) is 39.2 Å². The largest absolute Gasteiger partial charge is 0.461 e. The summed E-state index contributed by atoms with van der Waals surface area (Å²) >= 11 is 9.62. The highest BCUT2D eigenvalue weighted by atomic mass is 79.9. The molecule has 0 aliphatic rings. The summed E-state index contributed by atoms with van der Waals surface area (Å²) in [6.07, 6.45) is 0.607. The van der Waals surface area contributed by atoms with Gasteiger partial charge in [0.05, 0.1) is 17.3 Å². The maximum Gasteiger partial charge on any atom is 0.360 e. The van der Waals surface area contributed by atoms with E-state index < -0.39 is 5.97 Å². The number of hydrogen-bond donors (Lipinski definition) is 1. The summed E-state index contributed by atoms with van der Waals surface area (Å²) in [7, 11) is 0. The first-order valence-corrected chi connectivity index (χ1v) is 7.66. The van der Waals surface area contributed by atoms with Gasteiger partial charge in [-0.15, -0.1) is 0 Å². The van der Waals surface area contributed by atoms with Crippen LogP contribution in [0.15, 0.2) is 22.7 Å². The first kappa shape index (κ1) is 15.9. The van der Waals surface area contributed by atoms with Gasteiger partial charge in [0.25, 0.3) is 0 Å². The Balaban J connectivity index is 2.60. The number of benzene rings is 1. The molecule has 0 spiro atoms. The lowest BCUT2D eigenvalue weighted by Gasteiger charge is -2.11. The van der Waals surface area contributed by atoms with Crippen LogP contribution < -0.4 is 5.73 Å². The Kier molecular flexibility index (Phi) is 4.90. The number of nitrogens with two attached hydrogens (primary N) is 1. The Labute approximate surface area is 136 Å². The van der Waals surface area contributed by atoms with Crippen molar-refractivity contribution in [1.82, 2.24) is 9.55 Å². The van der Waals surface area contributed by atoms with Crippen LogP contribution in [0.2, 0.25) is 5.02 Å². The first-order valence-electron chi connectivity index (χ1n) is 6.49. The third kappa shape index (κ3) is 3.06. The van der Waals surface area contributed by atoms with Gasteiger partial charge in [-0.1, -0.05) is 34.5 Å². The van der Waals surface area contributed by atoms with E-state index in [4.69, 9.17) is 22.1 Å². The summed E-state index contributed by atoms with van der Waals surface area (Å²) in [5.41, 5.74) is 6.88. The maximum absolute atomic E-state index is 11.9. The number of imidazole rings is 1. The third-order valence-corrected chi connectivity index (χ3v) is 3.71. The van der Waals surface area contributed by atoms with Gasteiger partial charge in [0, 0.05) is 10.9 Å². The Morgan fingerprint density at radius 2 is 2.19 bits per heavy atom. The Morgan fingerprint density at radius 3 is 2.76 bits per heavy atom. The topological polar surface area (TPSA) is 70.1 Å². The molecular formula is C14H15BrClN3O2. The Morgan fingerprint density at radius 1 is 1.48 bits per heavy atom. The molecule has 0 saturated heterocycles. The van der Waals surface area contributed by atoms with E-state index in [1.165, 1.54) is 0 Å². The standard InChI is InChI=1S/C14H15BrClN3O2/c1-3-11-18-12(14(20)21-4-2)13(17)19(11)10-6-5-8(15)7-9(10)16/h5-7H,3-4,17H2,1-2H3. The molecule has 1 heterocycles. The predicted octanol–water partition coefficient (Wildman–Crippen LogP) is 3.61. The second-order valence-corrected chi connectivity index (χ2v) is 5.59. The van der Waals surface area contributed by atoms with E-state index >= 15 is 0 Å². The molecule has 7 heteroatoms. The van der Waals surface area contributed by atoms with Crippen LogP contribution in [-0.4, -0.2) is 22.1 Å². The normalized spacial score (nSPS) is 10.7. The predicted molar refractivity (Wildman–Crippen MR) is 86.0 cm³/mol. The van der Waals surface area contributed by atoms with Crippen LogP contribution in [0.3, 0.4) is 0 Å². The molecule has 2 N–H and O–H groups in total. The SMILES string of the molecule is CCOC(=O)c1nc(CC)n(-c2ccc(Br)cc2Cl)c1N. The van der Waals surface area contributed by atoms with Crippen molar-refractivity contribution in [1.29, 1.82) is 0 Å². The minimum atomic E-state index is -0.531. The van der Waals surface area contributed by atoms with Crippen LogP contribution in [0.1, 0.15) is 30.2 Å². The van der Waals surface area contributed by atoms with Gasteiger partial charge in [-0.25, -0.2) is 9.78 Å². The molecule has 0 fully saturated rings. The molecule has 21 heavy (non-hydrogen) atoms. The van der Waals surface area contributed by atoms with Crippen molar-refractivity contribution in [2.24, 2.45) is 0 Å². The minimum Gasteiger partial charge on any atom is -0.461 e. The minimum absolute atomic E-state index is 0.118. The number of anilines is 1. The summed E-state index contributed by atoms with van der Waals surface area (Å²) in [6.45, 7) is 3.93. The number of ether oxygens (including phenoxy) is 1. The fraction of sp³-hybridized carbons (Fsp3) is 0.286. The lowest BCUT2D eigenvalue weighted by Crippen LogP contribution is -2.09. The summed E-state index contributed by atoms with van der Waals surface area (Å²) in [4.78, 5) is 16.2. The van der Waals surface area contributed by atoms with Gasteiger partial charge >= 0.3 is 5.97 Å². The van der Waals surface area contributed by atoms with E-state index in [0.717, 1.165) is 4.47 Å². The maximum atomic E-state index is 11.9. The fourth-order valence-corrected chi connectivity index (χ4v) is 2.76. The number of aryl methyl sites for hydroxylation is 1. The van der Waals surface area contributed by atoms with Crippen LogP contribution in [0.5, 0.6) is 0 Å². The summed E-state index contributed by atoms with van der Waals surface area (Å²) < 4.78 is 7.51. The zero-order chi connectivity index (χ0) is 15.6. The molecule has 0 radical (unpaired) electrons. The summed E-state index contributed by atoms with van der Waals surface area (Å²) in [5, 5.41) is 0.513. The Hall–Kier alpha value is -1.53. The van der Waals surface area contributed by atoms with Crippen molar-refractivity contribution in [3.63, 3.8) is 0 Å². The molecule has 0 amide bonds. The molecular weight excluding hydrogens is 358 g/mol. The number of nitrogens with zero attached hydrogens (tertiary/aromatic N) is 2. The molecule has 112 valence electrons. The average Bonchev–Trinajstić information content (AvgIpc) is 2.76. The number of halogens is 2. The van der Waals surface area contributed by atoms with Crippen molar-refractivity contribution >= 4 is 39.3 Å². The number of rotatable bonds is 4. The molecule has 2 rings (SSSR count). The number of carbonyl (C=O) groups excluding carboxylic acids is 1. The van der Waals surface area contributed by atoms with E-state index in [-0.39, 0.29) is 18.1 Å². The fourth-order valence-electron chi connectivity index (χ4n) is 2.00. The van der Waals surface area contributed by atoms with Crippen molar-refractivity contribution < 1.29 is 9.53 Å². The van der Waals surface area contributed by atoms with E-state index in [1.54, 1.807) is 17.6 Å². The molecule has 1 aromatic carbocycles. The van der Waals surface area contributed by atoms with Gasteiger partial charge in [0.1, 0.15) is 11.6 Å². The van der Waals surface area contributed by atoms with Crippen LogP contribution in [0.25, 0.3) is 5.69 Å². The quantitative estimate of drug-likeness (QED) is 0.832. The highest BCUT2D eigenvalue weighted by Crippen LogP contribution is 2.29. The zero-order valence-electron chi connectivity index (χ0n) is 11.7. The molecule has 1 aromatic heterocycles. The molecule has 0 atom stereocenters. The number of carbonyl (C=O) groups is 1. The van der Waals surface area contributed by atoms with Gasteiger partial charge in [-0.3, -0.25) is 4.57 Å². The van der Waals surface area contributed by atoms with E-state index in [9.17, 15) is 4.79 Å². The van der Waals surface area contributed by atoms with Crippen LogP contribution >= 0.6 is 27.5 Å². The van der Waals surface area contributed by atoms with Crippen molar-refractivity contribution in [2.45, 2.75) is 20.3 Å². The molecule has 2 aromatic rings. The molecule has 5 nitrogen and oxygen atoms in total. The second-order valence-electron chi connectivity index (χ2n) is 4.27. The van der Waals surface area contributed by atoms with Gasteiger partial charge < -0.3 is 10.5 Å². The van der Waals surface area contributed by atoms with Gasteiger partial charge in [-0.05, 0) is 25.1 Å². The lowest BCUT2D eigenvalue weighted by molar-refractivity contribution is 0.0521. The highest BCUT2D eigenvalue weighted by Gasteiger charge is 2.22. The van der Waals surface area contributed by atoms with E-state index in [2.05, 4.69) is 20.9 Å². The van der Waals surface area contributed by atoms with Gasteiger partial charge in [-0.2, -0.15) is 0 Å². The van der Waals surface area contributed by atoms with Crippen LogP contribution in [-0.2, 0) is 11.2 Å². The van der Waals surface area contributed by atoms with Gasteiger partial charge in [0.2, 0.25) is 0 Å². The van der Waals surface area contributed by atoms with E-state index in [0.29, 0.717) is 23.0 Å². The first-order chi connectivity index (χ1) is 9.99. The summed E-state index contributed by atoms with van der Waals surface area (Å²) in [6, 6.07) is 5.43. The van der Waals surface area contributed by atoms with E-state index in [1.807, 2.05) is 19.1 Å². The second kappa shape index (κ2) is 6.49. The van der Waals surface area contributed by atoms with Gasteiger partial charge in [0.15, 0.2) is 5.69 Å². The third-order valence-electron chi connectivity index (χ3n) is 2.92. The number of esters is 1. The number of nitrogen functional groups attached to an aromatic ring is 1. The monoisotopic (exact) mass is 371 g/mol. The smallest absolute Gasteiger partial charge is 0.360 e. The Bertz CT molecular complexity index is 685. The number of aromatic nitrogens is 2. The van der Waals surface area contributed by atoms with Crippen LogP contribution in [0.4, 0.5) is 5.82 Å². The van der Waals surface area contributed by atoms with Crippen molar-refractivity contribution in [2.75, 3.05) is 12.3 Å². The zero-order valence-corrected chi connectivity index (χ0v) is 14.0. The molecule has 0 unspecified atom stereocenters. The van der Waals surface area contributed by atoms with Crippen LogP contribution in [0, 0.1) is 0 Å². The lowest BCUT2D eigenvalue weighted by atomic mass is 10.3. The molecule has 0 aliphatic heterocycles. The summed E-state index contributed by atoms with van der Waals surface area (Å²) in [5.74, 6) is 0.353. The highest BCUT2D eigenvalue weighted by molar-refractivity contribution is 9.10. The van der Waals surface area contributed by atoms with Crippen molar-refractivity contribution in [3.8, 4) is 5.69 Å². The average molecular weight is 373 g/mol. The molecule has 0 aliphatic carbocycles. The molecule has 0 bridgehead atoms. The molecule has 0 saturated carbocycles.